The van der Waals surface area contributed by atoms with Crippen LogP contribution in [0.3, 0.4) is 0 Å². The van der Waals surface area contributed by atoms with Crippen molar-refractivity contribution in [3.8, 4) is 0 Å². The van der Waals surface area contributed by atoms with Crippen LogP contribution in [0, 0.1) is 0 Å². The topological polar surface area (TPSA) is 38.7 Å². The predicted octanol–water partition coefficient (Wildman–Crippen LogP) is 2.33. The molecule has 0 aromatic rings. The first-order valence-corrected chi connectivity index (χ1v) is 5.67. The van der Waals surface area contributed by atoms with Gasteiger partial charge in [-0.05, 0) is 20.3 Å². The highest BCUT2D eigenvalue weighted by Gasteiger charge is 2.18. The van der Waals surface area contributed by atoms with Crippen molar-refractivity contribution in [2.75, 3.05) is 13.2 Å². The molecule has 0 fully saturated rings. The van der Waals surface area contributed by atoms with E-state index in [0.717, 1.165) is 19.3 Å². The molecular weight excluding hydrogens is 180 g/mol. The van der Waals surface area contributed by atoms with Crippen molar-refractivity contribution < 1.29 is 14.6 Å². The maximum absolute atomic E-state index is 9.75. The van der Waals surface area contributed by atoms with Crippen LogP contribution >= 0.6 is 0 Å². The second-order valence-electron chi connectivity index (χ2n) is 3.34. The molecule has 1 atom stereocenters. The minimum absolute atomic E-state index is 0.443. The van der Waals surface area contributed by atoms with Crippen LogP contribution < -0.4 is 0 Å². The van der Waals surface area contributed by atoms with E-state index in [4.69, 9.17) is 9.47 Å². The van der Waals surface area contributed by atoms with E-state index >= 15 is 0 Å². The molecule has 0 aliphatic heterocycles. The number of ether oxygens (including phenoxy) is 2. The Bertz CT molecular complexity index is 111. The first-order chi connectivity index (χ1) is 6.76. The van der Waals surface area contributed by atoms with E-state index in [1.54, 1.807) is 0 Å². The molecule has 0 bridgehead atoms. The Kier molecular flexibility index (Phi) is 9.35. The Morgan fingerprint density at radius 1 is 1.00 bits per heavy atom. The van der Waals surface area contributed by atoms with Crippen LogP contribution in [0.5, 0.6) is 0 Å². The van der Waals surface area contributed by atoms with Gasteiger partial charge < -0.3 is 14.6 Å². The molecule has 0 rings (SSSR count). The second-order valence-corrected chi connectivity index (χ2v) is 3.34. The van der Waals surface area contributed by atoms with Gasteiger partial charge in [-0.2, -0.15) is 0 Å². The highest BCUT2D eigenvalue weighted by atomic mass is 16.7. The predicted molar refractivity (Wildman–Crippen MR) is 57.2 cm³/mol. The van der Waals surface area contributed by atoms with Crippen LogP contribution in [-0.2, 0) is 9.47 Å². The Balaban J connectivity index is 3.69. The Morgan fingerprint density at radius 2 is 1.57 bits per heavy atom. The zero-order chi connectivity index (χ0) is 10.8. The first kappa shape index (κ1) is 13.9. The lowest BCUT2D eigenvalue weighted by molar-refractivity contribution is -0.190. The molecule has 0 radical (unpaired) electrons. The number of hydrogen-bond acceptors (Lipinski definition) is 3. The molecule has 1 unspecified atom stereocenters. The summed E-state index contributed by atoms with van der Waals surface area (Å²) in [6.07, 6.45) is 3.19. The first-order valence-electron chi connectivity index (χ1n) is 5.67. The molecule has 0 aromatic carbocycles. The molecule has 14 heavy (non-hydrogen) atoms. The van der Waals surface area contributed by atoms with Gasteiger partial charge in [0.1, 0.15) is 6.10 Å². The number of aliphatic hydroxyl groups excluding tert-OH is 1. The van der Waals surface area contributed by atoms with Crippen molar-refractivity contribution in [1.82, 2.24) is 0 Å². The quantitative estimate of drug-likeness (QED) is 0.463. The van der Waals surface area contributed by atoms with Gasteiger partial charge in [-0.3, -0.25) is 0 Å². The zero-order valence-electron chi connectivity index (χ0n) is 9.66. The third-order valence-electron chi connectivity index (χ3n) is 2.08. The molecular formula is C11H24O3. The van der Waals surface area contributed by atoms with Gasteiger partial charge in [0.05, 0.1) is 0 Å². The molecule has 3 heteroatoms. The fourth-order valence-corrected chi connectivity index (χ4v) is 1.34. The summed E-state index contributed by atoms with van der Waals surface area (Å²) < 4.78 is 10.6. The van der Waals surface area contributed by atoms with Crippen LogP contribution in [0.1, 0.15) is 46.5 Å². The fraction of sp³-hybridized carbons (Fsp3) is 1.00. The summed E-state index contributed by atoms with van der Waals surface area (Å²) >= 11 is 0. The van der Waals surface area contributed by atoms with Crippen LogP contribution in [0.4, 0.5) is 0 Å². The van der Waals surface area contributed by atoms with E-state index < -0.39 is 12.4 Å². The van der Waals surface area contributed by atoms with E-state index in [1.165, 1.54) is 6.42 Å². The van der Waals surface area contributed by atoms with Crippen molar-refractivity contribution in [2.45, 2.75) is 58.8 Å². The fourth-order valence-electron chi connectivity index (χ4n) is 1.34. The number of unbranched alkanes of at least 4 members (excludes halogenated alkanes) is 2. The zero-order valence-corrected chi connectivity index (χ0v) is 9.66. The molecule has 86 valence electrons. The molecule has 0 saturated carbocycles. The van der Waals surface area contributed by atoms with Crippen LogP contribution in [-0.4, -0.2) is 30.7 Å². The van der Waals surface area contributed by atoms with Gasteiger partial charge in [0.2, 0.25) is 0 Å². The summed E-state index contributed by atoms with van der Waals surface area (Å²) in [6, 6.07) is 0. The number of aliphatic hydroxyl groups is 1. The van der Waals surface area contributed by atoms with E-state index in [2.05, 4.69) is 6.92 Å². The summed E-state index contributed by atoms with van der Waals surface area (Å²) in [7, 11) is 0. The maximum atomic E-state index is 9.75. The lowest BCUT2D eigenvalue weighted by atomic mass is 10.1. The van der Waals surface area contributed by atoms with Crippen molar-refractivity contribution in [3.63, 3.8) is 0 Å². The molecule has 3 nitrogen and oxygen atoms in total. The van der Waals surface area contributed by atoms with Crippen molar-refractivity contribution in [3.05, 3.63) is 0 Å². The van der Waals surface area contributed by atoms with Crippen LogP contribution in [0.2, 0.25) is 0 Å². The monoisotopic (exact) mass is 204 g/mol. The Morgan fingerprint density at radius 3 is 2.00 bits per heavy atom. The summed E-state index contributed by atoms with van der Waals surface area (Å²) in [4.78, 5) is 0. The molecule has 0 aromatic heterocycles. The van der Waals surface area contributed by atoms with Crippen molar-refractivity contribution in [2.24, 2.45) is 0 Å². The van der Waals surface area contributed by atoms with Gasteiger partial charge in [-0.1, -0.05) is 26.2 Å². The summed E-state index contributed by atoms with van der Waals surface area (Å²) in [5.41, 5.74) is 0. The molecule has 0 heterocycles. The molecule has 0 spiro atoms. The van der Waals surface area contributed by atoms with E-state index in [0.29, 0.717) is 13.2 Å². The number of hydrogen-bond donors (Lipinski definition) is 1. The number of rotatable bonds is 9. The third kappa shape index (κ3) is 6.35. The molecule has 0 amide bonds. The minimum atomic E-state index is -0.485. The SMILES string of the molecule is CCCCCC(O)C(OCC)OCC. The highest BCUT2D eigenvalue weighted by molar-refractivity contribution is 4.60. The normalized spacial score (nSPS) is 13.5. The lowest BCUT2D eigenvalue weighted by Gasteiger charge is -2.22. The largest absolute Gasteiger partial charge is 0.388 e. The Hall–Kier alpha value is -0.120. The average molecular weight is 204 g/mol. The van der Waals surface area contributed by atoms with E-state index in [1.807, 2.05) is 13.8 Å². The summed E-state index contributed by atoms with van der Waals surface area (Å²) in [6.45, 7) is 7.12. The summed E-state index contributed by atoms with van der Waals surface area (Å²) in [5, 5.41) is 9.75. The summed E-state index contributed by atoms with van der Waals surface area (Å²) in [5.74, 6) is 0. The molecule has 0 saturated heterocycles. The highest BCUT2D eigenvalue weighted by Crippen LogP contribution is 2.10. The molecule has 0 aliphatic rings. The smallest absolute Gasteiger partial charge is 0.183 e. The third-order valence-corrected chi connectivity index (χ3v) is 2.08. The van der Waals surface area contributed by atoms with Gasteiger partial charge in [-0.15, -0.1) is 0 Å². The lowest BCUT2D eigenvalue weighted by Crippen LogP contribution is -2.31. The minimum Gasteiger partial charge on any atom is -0.388 e. The van der Waals surface area contributed by atoms with Crippen molar-refractivity contribution in [1.29, 1.82) is 0 Å². The van der Waals surface area contributed by atoms with E-state index in [-0.39, 0.29) is 0 Å². The van der Waals surface area contributed by atoms with Gasteiger partial charge in [0.15, 0.2) is 6.29 Å². The van der Waals surface area contributed by atoms with E-state index in [9.17, 15) is 5.11 Å². The van der Waals surface area contributed by atoms with Crippen molar-refractivity contribution >= 4 is 0 Å². The maximum Gasteiger partial charge on any atom is 0.183 e. The van der Waals surface area contributed by atoms with Crippen LogP contribution in [0.25, 0.3) is 0 Å². The second kappa shape index (κ2) is 9.44. The van der Waals surface area contributed by atoms with Gasteiger partial charge in [0.25, 0.3) is 0 Å². The van der Waals surface area contributed by atoms with Crippen LogP contribution in [0.15, 0.2) is 0 Å². The van der Waals surface area contributed by atoms with Gasteiger partial charge in [-0.25, -0.2) is 0 Å². The molecule has 1 N–H and O–H groups in total. The van der Waals surface area contributed by atoms with Gasteiger partial charge >= 0.3 is 0 Å². The average Bonchev–Trinajstić information content (AvgIpc) is 2.18. The standard InChI is InChI=1S/C11H24O3/c1-4-7-8-9-10(12)11(13-5-2)14-6-3/h10-12H,4-9H2,1-3H3. The molecule has 0 aliphatic carbocycles. The Labute approximate surface area is 87.4 Å². The van der Waals surface area contributed by atoms with Gasteiger partial charge in [0, 0.05) is 13.2 Å².